The van der Waals surface area contributed by atoms with Gasteiger partial charge in [-0.15, -0.1) is 5.10 Å². The van der Waals surface area contributed by atoms with Crippen molar-refractivity contribution in [2.45, 2.75) is 46.1 Å². The second kappa shape index (κ2) is 12.5. The number of H-pyrrole nitrogens is 1. The SMILES string of the molecule is C[C@H](NC(=O)CN(C)C(=O)CN(C)C(=O)CC(C)(C)CNC(=O)CCc1c[nH]nn1)C(N)=O. The topological polar surface area (TPSA) is 183 Å². The minimum Gasteiger partial charge on any atom is -0.368 e. The Morgan fingerprint density at radius 1 is 1.09 bits per heavy atom. The molecule has 13 nitrogen and oxygen atoms in total. The smallest absolute Gasteiger partial charge is 0.242 e. The van der Waals surface area contributed by atoms with Crippen molar-refractivity contribution < 1.29 is 24.0 Å². The summed E-state index contributed by atoms with van der Waals surface area (Å²) in [6.07, 6.45) is 2.45. The number of nitrogens with two attached hydrogens (primary N) is 1. The van der Waals surface area contributed by atoms with E-state index in [4.69, 9.17) is 5.73 Å². The standard InChI is InChI=1S/C20H34N8O5/c1-13(19(21)33)24-16(30)10-27(4)18(32)11-28(5)17(31)8-20(2,3)12-22-15(29)7-6-14-9-23-26-25-14/h9,13H,6-8,10-12H2,1-5H3,(H2,21,33)(H,22,29)(H,24,30)(H,23,25,26)/t13-/m0/s1. The first-order valence-corrected chi connectivity index (χ1v) is 10.5. The van der Waals surface area contributed by atoms with Crippen LogP contribution in [0.1, 0.15) is 39.3 Å². The monoisotopic (exact) mass is 466 g/mol. The number of rotatable bonds is 13. The summed E-state index contributed by atoms with van der Waals surface area (Å²) in [5.74, 6) is -2.09. The molecule has 5 N–H and O–H groups in total. The summed E-state index contributed by atoms with van der Waals surface area (Å²) in [6.45, 7) is 4.92. The van der Waals surface area contributed by atoms with Gasteiger partial charge in [0.05, 0.1) is 18.8 Å². The van der Waals surface area contributed by atoms with Crippen molar-refractivity contribution in [2.75, 3.05) is 33.7 Å². The molecule has 0 unspecified atom stereocenters. The van der Waals surface area contributed by atoms with Crippen LogP contribution in [0.15, 0.2) is 6.20 Å². The average molecular weight is 467 g/mol. The molecule has 0 bridgehead atoms. The Morgan fingerprint density at radius 2 is 1.73 bits per heavy atom. The van der Waals surface area contributed by atoms with Crippen molar-refractivity contribution in [2.24, 2.45) is 11.1 Å². The Balaban J connectivity index is 2.42. The third-order valence-corrected chi connectivity index (χ3v) is 4.88. The predicted molar refractivity (Wildman–Crippen MR) is 118 cm³/mol. The maximum Gasteiger partial charge on any atom is 0.242 e. The van der Waals surface area contributed by atoms with E-state index in [2.05, 4.69) is 26.0 Å². The highest BCUT2D eigenvalue weighted by Crippen LogP contribution is 2.20. The first-order valence-electron chi connectivity index (χ1n) is 10.5. The number of likely N-dealkylation sites (N-methyl/N-ethyl adjacent to an activating group) is 2. The molecule has 0 aliphatic heterocycles. The Kier molecular flexibility index (Phi) is 10.4. The van der Waals surface area contributed by atoms with E-state index in [1.165, 1.54) is 25.9 Å². The summed E-state index contributed by atoms with van der Waals surface area (Å²) in [4.78, 5) is 62.3. The number of hydrogen-bond donors (Lipinski definition) is 4. The van der Waals surface area contributed by atoms with E-state index >= 15 is 0 Å². The molecule has 0 spiro atoms. The van der Waals surface area contributed by atoms with Gasteiger partial charge in [-0.2, -0.15) is 0 Å². The lowest BCUT2D eigenvalue weighted by molar-refractivity contribution is -0.141. The van der Waals surface area contributed by atoms with Gasteiger partial charge in [0.2, 0.25) is 29.5 Å². The summed E-state index contributed by atoms with van der Waals surface area (Å²) < 4.78 is 0. The zero-order chi connectivity index (χ0) is 25.2. The fourth-order valence-electron chi connectivity index (χ4n) is 2.70. The number of carbonyl (C=O) groups is 5. The fraction of sp³-hybridized carbons (Fsp3) is 0.650. The summed E-state index contributed by atoms with van der Waals surface area (Å²) in [5, 5.41) is 15.2. The number of carbonyl (C=O) groups excluding carboxylic acids is 5. The van der Waals surface area contributed by atoms with Crippen LogP contribution in [0.3, 0.4) is 0 Å². The lowest BCUT2D eigenvalue weighted by Crippen LogP contribution is -2.48. The van der Waals surface area contributed by atoms with Crippen LogP contribution in [0.4, 0.5) is 0 Å². The maximum absolute atomic E-state index is 12.6. The van der Waals surface area contributed by atoms with Crippen LogP contribution in [-0.4, -0.2) is 94.5 Å². The number of amides is 5. The normalized spacial score (nSPS) is 11.9. The van der Waals surface area contributed by atoms with Crippen molar-refractivity contribution in [3.63, 3.8) is 0 Å². The molecule has 0 saturated heterocycles. The van der Waals surface area contributed by atoms with E-state index in [-0.39, 0.29) is 44.3 Å². The molecule has 0 fully saturated rings. The van der Waals surface area contributed by atoms with Crippen molar-refractivity contribution in [1.82, 2.24) is 35.8 Å². The number of aromatic nitrogens is 3. The van der Waals surface area contributed by atoms with Gasteiger partial charge in [-0.05, 0) is 12.3 Å². The zero-order valence-electron chi connectivity index (χ0n) is 19.8. The number of hydrogen-bond acceptors (Lipinski definition) is 7. The molecule has 1 heterocycles. The molecular weight excluding hydrogens is 432 g/mol. The van der Waals surface area contributed by atoms with E-state index in [0.717, 1.165) is 4.90 Å². The highest BCUT2D eigenvalue weighted by molar-refractivity contribution is 5.90. The number of aromatic amines is 1. The van der Waals surface area contributed by atoms with Gasteiger partial charge in [0.1, 0.15) is 6.04 Å². The zero-order valence-corrected chi connectivity index (χ0v) is 19.8. The number of nitrogens with zero attached hydrogens (tertiary/aromatic N) is 4. The number of primary amides is 1. The molecule has 0 saturated carbocycles. The molecule has 184 valence electrons. The van der Waals surface area contributed by atoms with Gasteiger partial charge >= 0.3 is 0 Å². The molecule has 0 aliphatic carbocycles. The van der Waals surface area contributed by atoms with Gasteiger partial charge < -0.3 is 26.2 Å². The summed E-state index contributed by atoms with van der Waals surface area (Å²) >= 11 is 0. The maximum atomic E-state index is 12.6. The third-order valence-electron chi connectivity index (χ3n) is 4.88. The quantitative estimate of drug-likeness (QED) is 0.264. The molecule has 13 heteroatoms. The second-order valence-electron chi connectivity index (χ2n) is 8.77. The van der Waals surface area contributed by atoms with Crippen LogP contribution in [-0.2, 0) is 30.4 Å². The average Bonchev–Trinajstić information content (AvgIpc) is 3.23. The Labute approximate surface area is 192 Å². The molecule has 1 aromatic heterocycles. The van der Waals surface area contributed by atoms with E-state index in [1.807, 2.05) is 13.8 Å². The molecule has 1 aromatic rings. The van der Waals surface area contributed by atoms with Crippen LogP contribution >= 0.6 is 0 Å². The molecule has 33 heavy (non-hydrogen) atoms. The summed E-state index contributed by atoms with van der Waals surface area (Å²) in [6, 6.07) is -0.852. The van der Waals surface area contributed by atoms with Crippen molar-refractivity contribution in [1.29, 1.82) is 0 Å². The Bertz CT molecular complexity index is 840. The molecule has 0 radical (unpaired) electrons. The minimum atomic E-state index is -0.852. The van der Waals surface area contributed by atoms with Crippen LogP contribution < -0.4 is 16.4 Å². The lowest BCUT2D eigenvalue weighted by atomic mass is 9.88. The fourth-order valence-corrected chi connectivity index (χ4v) is 2.70. The van der Waals surface area contributed by atoms with Crippen molar-refractivity contribution in [3.8, 4) is 0 Å². The predicted octanol–water partition coefficient (Wildman–Crippen LogP) is -1.82. The molecule has 0 aromatic carbocycles. The summed E-state index contributed by atoms with van der Waals surface area (Å²) in [7, 11) is 2.92. The Hall–Kier alpha value is -3.51. The molecular formula is C20H34N8O5. The molecule has 5 amide bonds. The number of aryl methyl sites for hydroxylation is 1. The molecule has 1 rings (SSSR count). The second-order valence-corrected chi connectivity index (χ2v) is 8.77. The van der Waals surface area contributed by atoms with Crippen LogP contribution in [0.2, 0.25) is 0 Å². The van der Waals surface area contributed by atoms with Gasteiger partial charge in [-0.1, -0.05) is 19.1 Å². The first-order chi connectivity index (χ1) is 15.3. The van der Waals surface area contributed by atoms with Gasteiger partial charge in [-0.3, -0.25) is 29.1 Å². The highest BCUT2D eigenvalue weighted by Gasteiger charge is 2.26. The van der Waals surface area contributed by atoms with Crippen LogP contribution in [0.5, 0.6) is 0 Å². The van der Waals surface area contributed by atoms with E-state index in [0.29, 0.717) is 12.1 Å². The third kappa shape index (κ3) is 10.6. The van der Waals surface area contributed by atoms with E-state index < -0.39 is 29.2 Å². The lowest BCUT2D eigenvalue weighted by Gasteiger charge is -2.28. The van der Waals surface area contributed by atoms with Crippen molar-refractivity contribution >= 4 is 29.5 Å². The van der Waals surface area contributed by atoms with Crippen molar-refractivity contribution in [3.05, 3.63) is 11.9 Å². The highest BCUT2D eigenvalue weighted by atomic mass is 16.2. The van der Waals surface area contributed by atoms with Crippen LogP contribution in [0, 0.1) is 5.41 Å². The molecule has 0 aliphatic rings. The van der Waals surface area contributed by atoms with Gasteiger partial charge in [0.15, 0.2) is 0 Å². The van der Waals surface area contributed by atoms with E-state index in [1.54, 1.807) is 6.20 Å². The number of nitrogens with one attached hydrogen (secondary N) is 3. The minimum absolute atomic E-state index is 0.112. The Morgan fingerprint density at radius 3 is 2.30 bits per heavy atom. The van der Waals surface area contributed by atoms with Gasteiger partial charge in [0.25, 0.3) is 0 Å². The largest absolute Gasteiger partial charge is 0.368 e. The van der Waals surface area contributed by atoms with Crippen LogP contribution in [0.25, 0.3) is 0 Å². The first kappa shape index (κ1) is 27.5. The van der Waals surface area contributed by atoms with Gasteiger partial charge in [0, 0.05) is 46.1 Å². The van der Waals surface area contributed by atoms with Gasteiger partial charge in [-0.25, -0.2) is 0 Å². The van der Waals surface area contributed by atoms with E-state index in [9.17, 15) is 24.0 Å². The summed E-state index contributed by atoms with van der Waals surface area (Å²) in [5.41, 5.74) is 5.25. The molecule has 1 atom stereocenters.